The lowest BCUT2D eigenvalue weighted by Gasteiger charge is -2.35. The second kappa shape index (κ2) is 9.11. The van der Waals surface area contributed by atoms with Crippen molar-refractivity contribution >= 4 is 17.3 Å². The summed E-state index contributed by atoms with van der Waals surface area (Å²) in [4.78, 5) is 15.0. The summed E-state index contributed by atoms with van der Waals surface area (Å²) in [6.07, 6.45) is 4.70. The highest BCUT2D eigenvalue weighted by Crippen LogP contribution is 2.33. The van der Waals surface area contributed by atoms with Gasteiger partial charge in [0.1, 0.15) is 16.5 Å². The van der Waals surface area contributed by atoms with Gasteiger partial charge in [0.15, 0.2) is 6.23 Å². The molecule has 3 aromatic rings. The average Bonchev–Trinajstić information content (AvgIpc) is 3.23. The monoisotopic (exact) mass is 486 g/mol. The van der Waals surface area contributed by atoms with Gasteiger partial charge in [0, 0.05) is 19.1 Å². The van der Waals surface area contributed by atoms with Crippen LogP contribution in [0.3, 0.4) is 0 Å². The third kappa shape index (κ3) is 4.01. The van der Waals surface area contributed by atoms with Crippen molar-refractivity contribution in [1.29, 1.82) is 0 Å². The van der Waals surface area contributed by atoms with Gasteiger partial charge in [-0.15, -0.1) is 5.10 Å². The SMILES string of the molecule is Cc1cc(F)ccc1C(C)n1nnc2c1C[C@@H](C)N(c1cnn(C3CCCCO3)c(=O)c1Cl)C2. The van der Waals surface area contributed by atoms with E-state index >= 15 is 0 Å². The number of fused-ring (bicyclic) bond motifs is 1. The topological polar surface area (TPSA) is 78.1 Å². The summed E-state index contributed by atoms with van der Waals surface area (Å²) < 4.78 is 22.6. The number of anilines is 1. The predicted molar refractivity (Wildman–Crippen MR) is 127 cm³/mol. The van der Waals surface area contributed by atoms with Gasteiger partial charge in [-0.05, 0) is 63.3 Å². The Balaban J connectivity index is 1.43. The average molecular weight is 487 g/mol. The molecule has 0 aliphatic carbocycles. The molecule has 2 aliphatic rings. The van der Waals surface area contributed by atoms with Crippen LogP contribution in [0.15, 0.2) is 29.2 Å². The van der Waals surface area contributed by atoms with Crippen LogP contribution in [-0.4, -0.2) is 37.4 Å². The molecule has 2 aromatic heterocycles. The van der Waals surface area contributed by atoms with Crippen LogP contribution in [0.5, 0.6) is 0 Å². The first-order valence-electron chi connectivity index (χ1n) is 11.7. The van der Waals surface area contributed by atoms with Gasteiger partial charge in [-0.25, -0.2) is 9.07 Å². The molecule has 1 saturated heterocycles. The van der Waals surface area contributed by atoms with Gasteiger partial charge in [-0.2, -0.15) is 9.78 Å². The number of aromatic nitrogens is 5. The predicted octanol–water partition coefficient (Wildman–Crippen LogP) is 4.20. The Morgan fingerprint density at radius 2 is 2.12 bits per heavy atom. The van der Waals surface area contributed by atoms with Crippen molar-refractivity contribution in [3.63, 3.8) is 0 Å². The third-order valence-corrected chi connectivity index (χ3v) is 7.28. The summed E-state index contributed by atoms with van der Waals surface area (Å²) in [6.45, 7) is 7.12. The standard InChI is InChI=1S/C24H28ClFN6O2/c1-14-10-17(26)7-8-18(14)16(3)31-20-11-15(2)30(13-19(20)28-29-31)21-12-27-32(24(33)23(21)25)22-6-4-5-9-34-22/h7-8,10,12,15-16,22H,4-6,9,11,13H2,1-3H3/t15-,16?,22?/m1/s1. The molecule has 2 unspecified atom stereocenters. The van der Waals surface area contributed by atoms with E-state index in [4.69, 9.17) is 16.3 Å². The zero-order valence-electron chi connectivity index (χ0n) is 19.5. The van der Waals surface area contributed by atoms with Crippen LogP contribution in [0.4, 0.5) is 10.1 Å². The normalized spacial score (nSPS) is 21.4. The maximum absolute atomic E-state index is 13.6. The lowest BCUT2D eigenvalue weighted by molar-refractivity contribution is -0.0424. The lowest BCUT2D eigenvalue weighted by atomic mass is 9.99. The van der Waals surface area contributed by atoms with E-state index in [9.17, 15) is 9.18 Å². The van der Waals surface area contributed by atoms with Crippen LogP contribution >= 0.6 is 11.6 Å². The Labute approximate surface area is 202 Å². The summed E-state index contributed by atoms with van der Waals surface area (Å²) in [5.41, 5.74) is 4.00. The van der Waals surface area contributed by atoms with Crippen LogP contribution in [0.2, 0.25) is 5.02 Å². The number of ether oxygens (including phenoxy) is 1. The van der Waals surface area contributed by atoms with Gasteiger partial charge in [-0.3, -0.25) is 4.79 Å². The largest absolute Gasteiger partial charge is 0.360 e. The summed E-state index contributed by atoms with van der Waals surface area (Å²) in [7, 11) is 0. The summed E-state index contributed by atoms with van der Waals surface area (Å²) in [6, 6.07) is 4.78. The minimum Gasteiger partial charge on any atom is -0.360 e. The number of benzene rings is 1. The molecule has 180 valence electrons. The molecule has 2 aliphatic heterocycles. The molecule has 34 heavy (non-hydrogen) atoms. The highest BCUT2D eigenvalue weighted by Gasteiger charge is 2.32. The number of halogens is 2. The van der Waals surface area contributed by atoms with Crippen LogP contribution in [0, 0.1) is 12.7 Å². The second-order valence-corrected chi connectivity index (χ2v) is 9.58. The minimum absolute atomic E-state index is 0.0479. The number of aryl methyl sites for hydroxylation is 1. The molecule has 0 radical (unpaired) electrons. The van der Waals surface area contributed by atoms with Crippen molar-refractivity contribution in [2.45, 2.75) is 71.3 Å². The number of rotatable bonds is 4. The maximum Gasteiger partial charge on any atom is 0.290 e. The van der Waals surface area contributed by atoms with Crippen molar-refractivity contribution in [3.8, 4) is 0 Å². The molecule has 0 bridgehead atoms. The van der Waals surface area contributed by atoms with Gasteiger partial charge in [0.2, 0.25) is 0 Å². The third-order valence-electron chi connectivity index (χ3n) is 6.92. The molecule has 4 heterocycles. The van der Waals surface area contributed by atoms with Gasteiger partial charge >= 0.3 is 0 Å². The Morgan fingerprint density at radius 3 is 2.85 bits per heavy atom. The highest BCUT2D eigenvalue weighted by molar-refractivity contribution is 6.33. The molecule has 0 amide bonds. The zero-order chi connectivity index (χ0) is 24.0. The quantitative estimate of drug-likeness (QED) is 0.550. The van der Waals surface area contributed by atoms with E-state index in [1.165, 1.54) is 16.8 Å². The Bertz CT molecular complexity index is 1270. The summed E-state index contributed by atoms with van der Waals surface area (Å²) in [5, 5.41) is 13.4. The van der Waals surface area contributed by atoms with Crippen LogP contribution in [-0.2, 0) is 17.7 Å². The molecule has 8 nitrogen and oxygen atoms in total. The van der Waals surface area contributed by atoms with Crippen LogP contribution in [0.1, 0.15) is 67.9 Å². The van der Waals surface area contributed by atoms with Gasteiger partial charge < -0.3 is 9.64 Å². The van der Waals surface area contributed by atoms with Gasteiger partial charge in [0.25, 0.3) is 5.56 Å². The van der Waals surface area contributed by atoms with E-state index in [0.29, 0.717) is 25.3 Å². The van der Waals surface area contributed by atoms with Crippen molar-refractivity contribution in [3.05, 3.63) is 68.1 Å². The van der Waals surface area contributed by atoms with E-state index < -0.39 is 0 Å². The second-order valence-electron chi connectivity index (χ2n) is 9.20. The molecule has 1 aromatic carbocycles. The summed E-state index contributed by atoms with van der Waals surface area (Å²) in [5.74, 6) is -0.249. The van der Waals surface area contributed by atoms with Gasteiger partial charge in [0.05, 0.1) is 30.2 Å². The van der Waals surface area contributed by atoms with E-state index in [0.717, 1.165) is 41.8 Å². The molecule has 10 heteroatoms. The molecule has 1 fully saturated rings. The maximum atomic E-state index is 13.6. The van der Waals surface area contributed by atoms with Crippen LogP contribution in [0.25, 0.3) is 0 Å². The fourth-order valence-corrected chi connectivity index (χ4v) is 5.26. The molecular formula is C24H28ClFN6O2. The molecule has 3 atom stereocenters. The van der Waals surface area contributed by atoms with Crippen LogP contribution < -0.4 is 10.5 Å². The zero-order valence-corrected chi connectivity index (χ0v) is 20.3. The van der Waals surface area contributed by atoms with Crippen molar-refractivity contribution in [2.75, 3.05) is 11.5 Å². The van der Waals surface area contributed by atoms with E-state index in [-0.39, 0.29) is 34.7 Å². The minimum atomic E-state index is -0.366. The number of hydrogen-bond acceptors (Lipinski definition) is 6. The first-order chi connectivity index (χ1) is 16.3. The molecule has 0 N–H and O–H groups in total. The fourth-order valence-electron chi connectivity index (χ4n) is 5.02. The van der Waals surface area contributed by atoms with Crippen molar-refractivity contribution < 1.29 is 9.13 Å². The molecule has 0 saturated carbocycles. The Hall–Kier alpha value is -2.78. The van der Waals surface area contributed by atoms with Crippen molar-refractivity contribution in [2.24, 2.45) is 0 Å². The van der Waals surface area contributed by atoms with Gasteiger partial charge in [-0.1, -0.05) is 22.9 Å². The first kappa shape index (κ1) is 23.0. The van der Waals surface area contributed by atoms with Crippen molar-refractivity contribution in [1.82, 2.24) is 24.8 Å². The fraction of sp³-hybridized carbons (Fsp3) is 0.500. The molecule has 5 rings (SSSR count). The smallest absolute Gasteiger partial charge is 0.290 e. The number of nitrogens with zero attached hydrogens (tertiary/aromatic N) is 6. The first-order valence-corrected chi connectivity index (χ1v) is 12.1. The van der Waals surface area contributed by atoms with E-state index in [2.05, 4.69) is 27.2 Å². The Morgan fingerprint density at radius 1 is 1.29 bits per heavy atom. The summed E-state index contributed by atoms with van der Waals surface area (Å²) >= 11 is 6.57. The lowest BCUT2D eigenvalue weighted by Crippen LogP contribution is -2.41. The van der Waals surface area contributed by atoms with E-state index in [1.54, 1.807) is 12.3 Å². The Kier molecular flexibility index (Phi) is 6.16. The van der Waals surface area contributed by atoms with E-state index in [1.807, 2.05) is 18.5 Å². The molecule has 0 spiro atoms. The molecular weight excluding hydrogens is 459 g/mol. The highest BCUT2D eigenvalue weighted by atomic mass is 35.5. The number of hydrogen-bond donors (Lipinski definition) is 0.